The Bertz CT molecular complexity index is 152. The van der Waals surface area contributed by atoms with Gasteiger partial charge in [-0.2, -0.15) is 0 Å². The predicted octanol–water partition coefficient (Wildman–Crippen LogP) is 1.91. The van der Waals surface area contributed by atoms with Gasteiger partial charge in [0.05, 0.1) is 10.8 Å². The standard InChI is InChI=1S/C8H14OS/c1-3-5-7-10(9)8-6-4-2/h3-5,7H2,1-2H3. The van der Waals surface area contributed by atoms with E-state index in [-0.39, 0.29) is 0 Å². The fourth-order valence-electron chi connectivity index (χ4n) is 0.479. The molecule has 1 unspecified atom stereocenters. The Balaban J connectivity index is 3.43. The molecule has 0 heterocycles. The Morgan fingerprint density at radius 2 is 2.10 bits per heavy atom. The molecular formula is C8H14OS. The average molecular weight is 158 g/mol. The molecule has 0 aromatic rings. The van der Waals surface area contributed by atoms with E-state index in [4.69, 9.17) is 0 Å². The molecule has 0 aliphatic heterocycles. The Hall–Kier alpha value is -0.290. The van der Waals surface area contributed by atoms with Gasteiger partial charge in [-0.25, -0.2) is 4.21 Å². The summed E-state index contributed by atoms with van der Waals surface area (Å²) < 4.78 is 10.9. The van der Waals surface area contributed by atoms with Crippen LogP contribution < -0.4 is 0 Å². The van der Waals surface area contributed by atoms with E-state index in [1.165, 1.54) is 0 Å². The number of rotatable bonds is 3. The molecule has 0 saturated heterocycles. The third kappa shape index (κ3) is 5.84. The second kappa shape index (κ2) is 6.82. The summed E-state index contributed by atoms with van der Waals surface area (Å²) in [4.78, 5) is 0. The van der Waals surface area contributed by atoms with E-state index in [1.54, 1.807) is 0 Å². The maximum atomic E-state index is 10.9. The highest BCUT2D eigenvalue weighted by atomic mass is 32.2. The molecule has 0 N–H and O–H groups in total. The van der Waals surface area contributed by atoms with Gasteiger partial charge in [0, 0.05) is 12.2 Å². The molecular weight excluding hydrogens is 144 g/mol. The molecule has 2 heteroatoms. The molecule has 0 aromatic carbocycles. The summed E-state index contributed by atoms with van der Waals surface area (Å²) in [5.41, 5.74) is 0. The quantitative estimate of drug-likeness (QED) is 0.573. The smallest absolute Gasteiger partial charge is 0.0974 e. The molecule has 1 nitrogen and oxygen atoms in total. The van der Waals surface area contributed by atoms with E-state index < -0.39 is 10.8 Å². The van der Waals surface area contributed by atoms with Crippen LogP contribution in [0.15, 0.2) is 0 Å². The van der Waals surface area contributed by atoms with Gasteiger partial charge in [0.25, 0.3) is 0 Å². The largest absolute Gasteiger partial charge is 0.246 e. The molecule has 58 valence electrons. The fraction of sp³-hybridized carbons (Fsp3) is 0.750. The van der Waals surface area contributed by atoms with E-state index in [1.807, 2.05) is 6.92 Å². The third-order valence-corrected chi connectivity index (χ3v) is 2.08. The zero-order chi connectivity index (χ0) is 7.82. The minimum Gasteiger partial charge on any atom is -0.246 e. The molecule has 0 aromatic heterocycles. The molecule has 0 saturated carbocycles. The van der Waals surface area contributed by atoms with E-state index >= 15 is 0 Å². The van der Waals surface area contributed by atoms with E-state index in [0.717, 1.165) is 25.0 Å². The maximum absolute atomic E-state index is 10.9. The van der Waals surface area contributed by atoms with Crippen molar-refractivity contribution in [2.24, 2.45) is 0 Å². The normalized spacial score (nSPS) is 11.8. The number of hydrogen-bond acceptors (Lipinski definition) is 1. The highest BCUT2D eigenvalue weighted by molar-refractivity contribution is 7.89. The van der Waals surface area contributed by atoms with Crippen LogP contribution in [0.5, 0.6) is 0 Å². The summed E-state index contributed by atoms with van der Waals surface area (Å²) >= 11 is 0. The van der Waals surface area contributed by atoms with Crippen molar-refractivity contribution in [3.63, 3.8) is 0 Å². The van der Waals surface area contributed by atoms with Gasteiger partial charge >= 0.3 is 0 Å². The van der Waals surface area contributed by atoms with Crippen LogP contribution in [-0.4, -0.2) is 9.96 Å². The van der Waals surface area contributed by atoms with Crippen molar-refractivity contribution in [2.75, 3.05) is 5.75 Å². The molecule has 0 aliphatic carbocycles. The van der Waals surface area contributed by atoms with Gasteiger partial charge < -0.3 is 0 Å². The fourth-order valence-corrected chi connectivity index (χ4v) is 1.44. The van der Waals surface area contributed by atoms with Crippen LogP contribution in [0.25, 0.3) is 0 Å². The molecule has 0 rings (SSSR count). The lowest BCUT2D eigenvalue weighted by molar-refractivity contribution is 0.686. The molecule has 0 radical (unpaired) electrons. The molecule has 0 bridgehead atoms. The monoisotopic (exact) mass is 158 g/mol. The third-order valence-electron chi connectivity index (χ3n) is 1.05. The first-order valence-electron chi connectivity index (χ1n) is 3.68. The van der Waals surface area contributed by atoms with Crippen molar-refractivity contribution in [2.45, 2.75) is 33.1 Å². The van der Waals surface area contributed by atoms with Crippen molar-refractivity contribution in [1.29, 1.82) is 0 Å². The van der Waals surface area contributed by atoms with E-state index in [9.17, 15) is 4.21 Å². The summed E-state index contributed by atoms with van der Waals surface area (Å²) in [6.45, 7) is 4.05. The number of unbranched alkanes of at least 4 members (excludes halogenated alkanes) is 1. The minimum absolute atomic E-state index is 0.740. The van der Waals surface area contributed by atoms with Crippen LogP contribution in [0.2, 0.25) is 0 Å². The zero-order valence-electron chi connectivity index (χ0n) is 6.64. The zero-order valence-corrected chi connectivity index (χ0v) is 7.46. The van der Waals surface area contributed by atoms with Crippen LogP contribution in [0.3, 0.4) is 0 Å². The van der Waals surface area contributed by atoms with Crippen LogP contribution in [0.1, 0.15) is 33.1 Å². The first-order chi connectivity index (χ1) is 4.81. The van der Waals surface area contributed by atoms with Gasteiger partial charge in [0.2, 0.25) is 0 Å². The topological polar surface area (TPSA) is 17.1 Å². The Morgan fingerprint density at radius 3 is 2.60 bits per heavy atom. The summed E-state index contributed by atoms with van der Waals surface area (Å²) in [7, 11) is -0.881. The highest BCUT2D eigenvalue weighted by Gasteiger charge is 1.90. The van der Waals surface area contributed by atoms with Gasteiger partial charge in [0.1, 0.15) is 0 Å². The van der Waals surface area contributed by atoms with Gasteiger partial charge in [0.15, 0.2) is 0 Å². The molecule has 0 aliphatic rings. The van der Waals surface area contributed by atoms with Crippen LogP contribution in [0.4, 0.5) is 0 Å². The van der Waals surface area contributed by atoms with Crippen molar-refractivity contribution >= 4 is 10.8 Å². The Labute approximate surface area is 65.7 Å². The second-order valence-electron chi connectivity index (χ2n) is 2.04. The lowest BCUT2D eigenvalue weighted by atomic mass is 10.4. The van der Waals surface area contributed by atoms with Gasteiger partial charge in [-0.1, -0.05) is 26.2 Å². The van der Waals surface area contributed by atoms with Gasteiger partial charge in [-0.3, -0.25) is 0 Å². The molecule has 0 fully saturated rings. The van der Waals surface area contributed by atoms with Gasteiger partial charge in [-0.05, 0) is 11.7 Å². The summed E-state index contributed by atoms with van der Waals surface area (Å²) in [5, 5.41) is 2.69. The van der Waals surface area contributed by atoms with E-state index in [0.29, 0.717) is 0 Å². The Morgan fingerprint density at radius 1 is 1.40 bits per heavy atom. The minimum atomic E-state index is -0.881. The van der Waals surface area contributed by atoms with Crippen molar-refractivity contribution in [1.82, 2.24) is 0 Å². The highest BCUT2D eigenvalue weighted by Crippen LogP contribution is 1.89. The molecule has 1 atom stereocenters. The van der Waals surface area contributed by atoms with Crippen molar-refractivity contribution < 1.29 is 4.21 Å². The van der Waals surface area contributed by atoms with Gasteiger partial charge in [-0.15, -0.1) is 0 Å². The lowest BCUT2D eigenvalue weighted by Crippen LogP contribution is -1.91. The first kappa shape index (κ1) is 9.71. The maximum Gasteiger partial charge on any atom is 0.0974 e. The SMILES string of the molecule is CCC#CS(=O)CCCC. The Kier molecular flexibility index (Phi) is 6.63. The molecule has 10 heavy (non-hydrogen) atoms. The summed E-state index contributed by atoms with van der Waals surface area (Å²) in [5.74, 6) is 3.55. The predicted molar refractivity (Wildman–Crippen MR) is 46.0 cm³/mol. The average Bonchev–Trinajstić information content (AvgIpc) is 1.97. The second-order valence-corrected chi connectivity index (χ2v) is 3.34. The van der Waals surface area contributed by atoms with Crippen LogP contribution in [-0.2, 0) is 10.8 Å². The van der Waals surface area contributed by atoms with E-state index in [2.05, 4.69) is 18.1 Å². The first-order valence-corrected chi connectivity index (χ1v) is 5.00. The number of hydrogen-bond donors (Lipinski definition) is 0. The molecule has 0 amide bonds. The summed E-state index contributed by atoms with van der Waals surface area (Å²) in [6.07, 6.45) is 2.92. The summed E-state index contributed by atoms with van der Waals surface area (Å²) in [6, 6.07) is 0. The lowest BCUT2D eigenvalue weighted by Gasteiger charge is -1.88. The van der Waals surface area contributed by atoms with Crippen molar-refractivity contribution in [3.05, 3.63) is 0 Å². The van der Waals surface area contributed by atoms with Crippen LogP contribution >= 0.6 is 0 Å². The van der Waals surface area contributed by atoms with Crippen LogP contribution in [0, 0.1) is 11.2 Å². The van der Waals surface area contributed by atoms with Crippen molar-refractivity contribution in [3.8, 4) is 11.2 Å². The molecule has 0 spiro atoms.